The highest BCUT2D eigenvalue weighted by Gasteiger charge is 2.49. The van der Waals surface area contributed by atoms with E-state index in [1.807, 2.05) is 19.9 Å². The summed E-state index contributed by atoms with van der Waals surface area (Å²) in [6.07, 6.45) is 2.91. The molecule has 29 heavy (non-hydrogen) atoms. The predicted octanol–water partition coefficient (Wildman–Crippen LogP) is 1.79. The molecule has 0 bridgehead atoms. The Morgan fingerprint density at radius 1 is 1.14 bits per heavy atom. The second-order valence-corrected chi connectivity index (χ2v) is 7.90. The Balaban J connectivity index is 1.59. The number of nitrogens with one attached hydrogen (secondary N) is 1. The number of benzene rings is 1. The number of esters is 1. The second-order valence-electron chi connectivity index (χ2n) is 7.90. The van der Waals surface area contributed by atoms with Crippen molar-refractivity contribution in [1.82, 2.24) is 15.1 Å². The van der Waals surface area contributed by atoms with Crippen LogP contribution in [0.25, 0.3) is 0 Å². The minimum absolute atomic E-state index is 0.0995. The summed E-state index contributed by atoms with van der Waals surface area (Å²) < 4.78 is 5.08. The summed E-state index contributed by atoms with van der Waals surface area (Å²) in [7, 11) is 0. The van der Waals surface area contributed by atoms with Gasteiger partial charge in [-0.15, -0.1) is 0 Å². The van der Waals surface area contributed by atoms with Gasteiger partial charge in [0.05, 0.1) is 0 Å². The van der Waals surface area contributed by atoms with E-state index < -0.39 is 36.6 Å². The van der Waals surface area contributed by atoms with Crippen LogP contribution < -0.4 is 5.32 Å². The van der Waals surface area contributed by atoms with Gasteiger partial charge in [-0.05, 0) is 45.6 Å². The largest absolute Gasteiger partial charge is 0.454 e. The van der Waals surface area contributed by atoms with Crippen LogP contribution in [0.15, 0.2) is 30.3 Å². The third-order valence-corrected chi connectivity index (χ3v) is 5.75. The normalized spacial score (nSPS) is 27.0. The van der Waals surface area contributed by atoms with Gasteiger partial charge in [0, 0.05) is 12.1 Å². The summed E-state index contributed by atoms with van der Waals surface area (Å²) in [5.41, 5.74) is -0.620. The van der Waals surface area contributed by atoms with E-state index in [0.717, 1.165) is 24.2 Å². The number of amides is 4. The van der Waals surface area contributed by atoms with Crippen molar-refractivity contribution in [3.05, 3.63) is 35.9 Å². The van der Waals surface area contributed by atoms with Crippen LogP contribution in [0.1, 0.15) is 45.6 Å². The minimum Gasteiger partial charge on any atom is -0.454 e. The number of hydrogen-bond acceptors (Lipinski definition) is 5. The van der Waals surface area contributed by atoms with Crippen molar-refractivity contribution in [2.24, 2.45) is 0 Å². The first-order chi connectivity index (χ1) is 13.7. The van der Waals surface area contributed by atoms with Gasteiger partial charge >= 0.3 is 12.0 Å². The second kappa shape index (κ2) is 8.23. The molecule has 2 aliphatic rings. The summed E-state index contributed by atoms with van der Waals surface area (Å²) in [6.45, 7) is 4.62. The molecule has 8 nitrogen and oxygen atoms in total. The molecular weight excluding hydrogens is 374 g/mol. The van der Waals surface area contributed by atoms with Gasteiger partial charge in [0.1, 0.15) is 12.1 Å². The van der Waals surface area contributed by atoms with Gasteiger partial charge in [0.15, 0.2) is 6.61 Å². The smallest absolute Gasteiger partial charge is 0.326 e. The lowest BCUT2D eigenvalue weighted by atomic mass is 9.92. The average Bonchev–Trinajstić information content (AvgIpc) is 2.91. The Bertz CT molecular complexity index is 802. The van der Waals surface area contributed by atoms with Crippen molar-refractivity contribution in [2.75, 3.05) is 13.2 Å². The molecule has 0 aliphatic carbocycles. The van der Waals surface area contributed by atoms with E-state index in [-0.39, 0.29) is 18.0 Å². The standard InChI is InChI=1S/C21H27N3O5/c1-14-8-7-9-15(2)24(14)17(25)13-29-18(26)12-23-19(27)21(3,22-20(23)28)16-10-5-4-6-11-16/h4-6,10-11,14-15H,7-9,12-13H2,1-3H3,(H,22,28)/t14-,15-,21+/m0/s1. The molecule has 0 saturated carbocycles. The van der Waals surface area contributed by atoms with Gasteiger partial charge in [-0.25, -0.2) is 4.79 Å². The van der Waals surface area contributed by atoms with Crippen molar-refractivity contribution in [2.45, 2.75) is 57.7 Å². The lowest BCUT2D eigenvalue weighted by Crippen LogP contribution is -2.49. The van der Waals surface area contributed by atoms with Crippen LogP contribution in [0.5, 0.6) is 0 Å². The zero-order valence-corrected chi connectivity index (χ0v) is 17.0. The molecule has 2 fully saturated rings. The topological polar surface area (TPSA) is 96.0 Å². The monoisotopic (exact) mass is 401 g/mol. The first-order valence-corrected chi connectivity index (χ1v) is 9.90. The van der Waals surface area contributed by atoms with Gasteiger partial charge < -0.3 is 15.0 Å². The van der Waals surface area contributed by atoms with Crippen LogP contribution in [-0.2, 0) is 24.7 Å². The fourth-order valence-corrected chi connectivity index (χ4v) is 4.11. The minimum atomic E-state index is -1.24. The SMILES string of the molecule is C[C@H]1CCC[C@H](C)N1C(=O)COC(=O)CN1C(=O)N[C@](C)(c2ccccc2)C1=O. The summed E-state index contributed by atoms with van der Waals surface area (Å²) in [4.78, 5) is 52.4. The Kier molecular flexibility index (Phi) is 5.91. The van der Waals surface area contributed by atoms with Gasteiger partial charge in [-0.3, -0.25) is 19.3 Å². The van der Waals surface area contributed by atoms with Crippen molar-refractivity contribution in [1.29, 1.82) is 0 Å². The first-order valence-electron chi connectivity index (χ1n) is 9.90. The van der Waals surface area contributed by atoms with Crippen molar-refractivity contribution < 1.29 is 23.9 Å². The highest BCUT2D eigenvalue weighted by molar-refractivity contribution is 6.08. The molecular formula is C21H27N3O5. The van der Waals surface area contributed by atoms with Crippen LogP contribution >= 0.6 is 0 Å². The molecule has 8 heteroatoms. The molecule has 2 aliphatic heterocycles. The molecule has 3 atom stereocenters. The van der Waals surface area contributed by atoms with E-state index in [0.29, 0.717) is 5.56 Å². The fraction of sp³-hybridized carbons (Fsp3) is 0.524. The number of piperidine rings is 1. The zero-order chi connectivity index (χ0) is 21.2. The first kappa shape index (κ1) is 20.8. The summed E-state index contributed by atoms with van der Waals surface area (Å²) >= 11 is 0. The summed E-state index contributed by atoms with van der Waals surface area (Å²) in [5.74, 6) is -1.59. The van der Waals surface area contributed by atoms with E-state index in [2.05, 4.69) is 5.32 Å². The Morgan fingerprint density at radius 3 is 2.38 bits per heavy atom. The van der Waals surface area contributed by atoms with Gasteiger partial charge in [0.25, 0.3) is 11.8 Å². The van der Waals surface area contributed by atoms with Crippen LogP contribution in [0, 0.1) is 0 Å². The molecule has 0 radical (unpaired) electrons. The van der Waals surface area contributed by atoms with E-state index in [4.69, 9.17) is 4.74 Å². The van der Waals surface area contributed by atoms with Crippen molar-refractivity contribution >= 4 is 23.8 Å². The number of likely N-dealkylation sites (tertiary alicyclic amines) is 1. The Hall–Kier alpha value is -2.90. The number of nitrogens with zero attached hydrogens (tertiary/aromatic N) is 2. The lowest BCUT2D eigenvalue weighted by Gasteiger charge is -2.38. The van der Waals surface area contributed by atoms with Crippen molar-refractivity contribution in [3.63, 3.8) is 0 Å². The van der Waals surface area contributed by atoms with Gasteiger partial charge in [-0.2, -0.15) is 0 Å². The number of urea groups is 1. The average molecular weight is 401 g/mol. The highest BCUT2D eigenvalue weighted by Crippen LogP contribution is 2.28. The van der Waals surface area contributed by atoms with E-state index in [9.17, 15) is 19.2 Å². The third kappa shape index (κ3) is 4.11. The molecule has 2 heterocycles. The lowest BCUT2D eigenvalue weighted by molar-refractivity contribution is -0.156. The number of ether oxygens (including phenoxy) is 1. The third-order valence-electron chi connectivity index (χ3n) is 5.75. The van der Waals surface area contributed by atoms with Crippen LogP contribution in [0.2, 0.25) is 0 Å². The number of hydrogen-bond donors (Lipinski definition) is 1. The van der Waals surface area contributed by atoms with E-state index >= 15 is 0 Å². The Morgan fingerprint density at radius 2 is 1.76 bits per heavy atom. The maximum Gasteiger partial charge on any atom is 0.326 e. The molecule has 0 aromatic heterocycles. The summed E-state index contributed by atoms with van der Waals surface area (Å²) in [6, 6.07) is 8.35. The molecule has 2 saturated heterocycles. The highest BCUT2D eigenvalue weighted by atomic mass is 16.5. The number of imide groups is 1. The zero-order valence-electron chi connectivity index (χ0n) is 17.0. The molecule has 0 unspecified atom stereocenters. The number of carbonyl (C=O) groups is 4. The number of carbonyl (C=O) groups excluding carboxylic acids is 4. The molecule has 1 aromatic carbocycles. The van der Waals surface area contributed by atoms with Crippen molar-refractivity contribution in [3.8, 4) is 0 Å². The molecule has 4 amide bonds. The van der Waals surface area contributed by atoms with Crippen LogP contribution in [0.4, 0.5) is 4.79 Å². The maximum atomic E-state index is 12.8. The van der Waals surface area contributed by atoms with Gasteiger partial charge in [-0.1, -0.05) is 30.3 Å². The summed E-state index contributed by atoms with van der Waals surface area (Å²) in [5, 5.41) is 2.63. The Labute approximate surface area is 170 Å². The van der Waals surface area contributed by atoms with Crippen LogP contribution in [-0.4, -0.2) is 58.8 Å². The molecule has 156 valence electrons. The molecule has 0 spiro atoms. The van der Waals surface area contributed by atoms with E-state index in [1.54, 1.807) is 36.1 Å². The van der Waals surface area contributed by atoms with Crippen LogP contribution in [0.3, 0.4) is 0 Å². The predicted molar refractivity (Wildman–Crippen MR) is 105 cm³/mol. The molecule has 1 N–H and O–H groups in total. The maximum absolute atomic E-state index is 12.8. The van der Waals surface area contributed by atoms with E-state index in [1.165, 1.54) is 0 Å². The fourth-order valence-electron chi connectivity index (χ4n) is 4.11. The number of rotatable bonds is 5. The molecule has 1 aromatic rings. The van der Waals surface area contributed by atoms with Gasteiger partial charge in [0.2, 0.25) is 0 Å². The molecule has 3 rings (SSSR count). The quantitative estimate of drug-likeness (QED) is 0.599.